The highest BCUT2D eigenvalue weighted by Gasteiger charge is 2.15. The van der Waals surface area contributed by atoms with Gasteiger partial charge in [0, 0.05) is 6.04 Å². The van der Waals surface area contributed by atoms with E-state index >= 15 is 0 Å². The zero-order chi connectivity index (χ0) is 10.7. The summed E-state index contributed by atoms with van der Waals surface area (Å²) in [7, 11) is 0. The first kappa shape index (κ1) is 10.9. The standard InChI is InChI=1S/C9H14F2N2O/c1-4-7-8(14-9(10)11)5-12-13(7)6(2)3/h5-6,9H,4H2,1-3H3. The minimum absolute atomic E-state index is 0.153. The Morgan fingerprint density at radius 1 is 1.50 bits per heavy atom. The van der Waals surface area contributed by atoms with Crippen LogP contribution >= 0.6 is 0 Å². The molecule has 5 heteroatoms. The summed E-state index contributed by atoms with van der Waals surface area (Å²) in [5.41, 5.74) is 0.709. The van der Waals surface area contributed by atoms with Crippen LogP contribution in [-0.4, -0.2) is 16.4 Å². The van der Waals surface area contributed by atoms with Crippen LogP contribution in [0.3, 0.4) is 0 Å². The van der Waals surface area contributed by atoms with Crippen LogP contribution in [0.15, 0.2) is 6.20 Å². The van der Waals surface area contributed by atoms with Crippen molar-refractivity contribution in [1.82, 2.24) is 9.78 Å². The van der Waals surface area contributed by atoms with Crippen LogP contribution in [0.5, 0.6) is 5.75 Å². The Balaban J connectivity index is 2.95. The smallest absolute Gasteiger partial charge is 0.387 e. The van der Waals surface area contributed by atoms with E-state index in [1.54, 1.807) is 4.68 Å². The zero-order valence-corrected chi connectivity index (χ0v) is 8.50. The van der Waals surface area contributed by atoms with E-state index in [0.29, 0.717) is 12.1 Å². The van der Waals surface area contributed by atoms with Gasteiger partial charge in [-0.1, -0.05) is 6.92 Å². The van der Waals surface area contributed by atoms with Gasteiger partial charge in [-0.15, -0.1) is 0 Å². The average Bonchev–Trinajstić information content (AvgIpc) is 2.46. The molecule has 0 aromatic carbocycles. The summed E-state index contributed by atoms with van der Waals surface area (Å²) in [5, 5.41) is 4.00. The molecule has 0 aliphatic heterocycles. The number of hydrogen-bond donors (Lipinski definition) is 0. The number of alkyl halides is 2. The first-order valence-corrected chi connectivity index (χ1v) is 4.57. The van der Waals surface area contributed by atoms with Gasteiger partial charge in [-0.05, 0) is 20.3 Å². The van der Waals surface area contributed by atoms with Gasteiger partial charge in [-0.25, -0.2) is 0 Å². The number of hydrogen-bond acceptors (Lipinski definition) is 2. The molecule has 3 nitrogen and oxygen atoms in total. The quantitative estimate of drug-likeness (QED) is 0.753. The molecule has 1 aromatic rings. The van der Waals surface area contributed by atoms with Crippen LogP contribution in [-0.2, 0) is 6.42 Å². The fourth-order valence-electron chi connectivity index (χ4n) is 1.35. The minimum Gasteiger partial charge on any atom is -0.431 e. The molecule has 0 atom stereocenters. The molecule has 0 saturated heterocycles. The SMILES string of the molecule is CCc1c(OC(F)F)cnn1C(C)C. The summed E-state index contributed by atoms with van der Waals surface area (Å²) >= 11 is 0. The molecule has 0 radical (unpaired) electrons. The number of nitrogens with zero attached hydrogens (tertiary/aromatic N) is 2. The lowest BCUT2D eigenvalue weighted by molar-refractivity contribution is -0.0505. The Bertz CT molecular complexity index is 297. The largest absolute Gasteiger partial charge is 0.431 e. The molecular weight excluding hydrogens is 190 g/mol. The van der Waals surface area contributed by atoms with E-state index in [1.165, 1.54) is 6.20 Å². The van der Waals surface area contributed by atoms with Crippen LogP contribution in [0.4, 0.5) is 8.78 Å². The van der Waals surface area contributed by atoms with Gasteiger partial charge in [-0.2, -0.15) is 13.9 Å². The van der Waals surface area contributed by atoms with Crippen LogP contribution in [0.25, 0.3) is 0 Å². The molecule has 0 aliphatic rings. The number of ether oxygens (including phenoxy) is 1. The molecule has 0 aliphatic carbocycles. The fraction of sp³-hybridized carbons (Fsp3) is 0.667. The van der Waals surface area contributed by atoms with Gasteiger partial charge in [0.1, 0.15) is 0 Å². The lowest BCUT2D eigenvalue weighted by Crippen LogP contribution is -2.09. The van der Waals surface area contributed by atoms with Crippen molar-refractivity contribution in [1.29, 1.82) is 0 Å². The van der Waals surface area contributed by atoms with Crippen molar-refractivity contribution in [3.8, 4) is 5.75 Å². The molecule has 0 N–H and O–H groups in total. The Morgan fingerprint density at radius 3 is 2.57 bits per heavy atom. The average molecular weight is 204 g/mol. The normalized spacial score (nSPS) is 11.4. The molecule has 1 heterocycles. The molecule has 0 bridgehead atoms. The Morgan fingerprint density at radius 2 is 2.14 bits per heavy atom. The molecule has 0 fully saturated rings. The van der Waals surface area contributed by atoms with Gasteiger partial charge < -0.3 is 4.74 Å². The number of aromatic nitrogens is 2. The molecule has 0 saturated carbocycles. The summed E-state index contributed by atoms with van der Waals surface area (Å²) < 4.78 is 30.0. The molecule has 1 rings (SSSR count). The first-order chi connectivity index (χ1) is 6.56. The predicted molar refractivity (Wildman–Crippen MR) is 48.6 cm³/mol. The second kappa shape index (κ2) is 4.39. The van der Waals surface area contributed by atoms with Crippen molar-refractivity contribution < 1.29 is 13.5 Å². The summed E-state index contributed by atoms with van der Waals surface area (Å²) in [4.78, 5) is 0. The van der Waals surface area contributed by atoms with Gasteiger partial charge in [-0.3, -0.25) is 4.68 Å². The van der Waals surface area contributed by atoms with Gasteiger partial charge in [0.15, 0.2) is 5.75 Å². The van der Waals surface area contributed by atoms with Crippen LogP contribution < -0.4 is 4.74 Å². The monoisotopic (exact) mass is 204 g/mol. The third kappa shape index (κ3) is 2.21. The topological polar surface area (TPSA) is 27.1 Å². The van der Waals surface area contributed by atoms with Crippen molar-refractivity contribution >= 4 is 0 Å². The Kier molecular flexibility index (Phi) is 3.43. The highest BCUT2D eigenvalue weighted by atomic mass is 19.3. The van der Waals surface area contributed by atoms with Gasteiger partial charge in [0.05, 0.1) is 11.9 Å². The maximum Gasteiger partial charge on any atom is 0.387 e. The molecule has 1 aromatic heterocycles. The minimum atomic E-state index is -2.79. The number of halogens is 2. The summed E-state index contributed by atoms with van der Waals surface area (Å²) in [6.07, 6.45) is 1.96. The highest BCUT2D eigenvalue weighted by molar-refractivity contribution is 5.25. The van der Waals surface area contributed by atoms with E-state index in [-0.39, 0.29) is 11.8 Å². The maximum absolute atomic E-state index is 12.0. The molecule has 0 amide bonds. The Hall–Kier alpha value is -1.13. The third-order valence-corrected chi connectivity index (χ3v) is 1.90. The van der Waals surface area contributed by atoms with Crippen LogP contribution in [0.2, 0.25) is 0 Å². The van der Waals surface area contributed by atoms with Gasteiger partial charge in [0.2, 0.25) is 0 Å². The highest BCUT2D eigenvalue weighted by Crippen LogP contribution is 2.23. The van der Waals surface area contributed by atoms with Crippen molar-refractivity contribution in [3.05, 3.63) is 11.9 Å². The fourth-order valence-corrected chi connectivity index (χ4v) is 1.35. The molecule has 0 unspecified atom stereocenters. The first-order valence-electron chi connectivity index (χ1n) is 4.57. The number of rotatable bonds is 4. The molecule has 14 heavy (non-hydrogen) atoms. The third-order valence-electron chi connectivity index (χ3n) is 1.90. The van der Waals surface area contributed by atoms with E-state index in [2.05, 4.69) is 9.84 Å². The molecule has 0 spiro atoms. The van der Waals surface area contributed by atoms with E-state index in [0.717, 1.165) is 0 Å². The summed E-state index contributed by atoms with van der Waals surface area (Å²) in [6, 6.07) is 0.153. The van der Waals surface area contributed by atoms with E-state index in [9.17, 15) is 8.78 Å². The van der Waals surface area contributed by atoms with E-state index in [4.69, 9.17) is 0 Å². The maximum atomic E-state index is 12.0. The lowest BCUT2D eigenvalue weighted by Gasteiger charge is -2.10. The lowest BCUT2D eigenvalue weighted by atomic mass is 10.3. The summed E-state index contributed by atoms with van der Waals surface area (Å²) in [5.74, 6) is 0.177. The zero-order valence-electron chi connectivity index (χ0n) is 8.50. The second-order valence-corrected chi connectivity index (χ2v) is 3.23. The van der Waals surface area contributed by atoms with Gasteiger partial charge >= 0.3 is 6.61 Å². The second-order valence-electron chi connectivity index (χ2n) is 3.23. The molecular formula is C9H14F2N2O. The Labute approximate surface area is 81.7 Å². The van der Waals surface area contributed by atoms with Crippen molar-refractivity contribution in [3.63, 3.8) is 0 Å². The van der Waals surface area contributed by atoms with Crippen LogP contribution in [0, 0.1) is 0 Å². The van der Waals surface area contributed by atoms with E-state index in [1.807, 2.05) is 20.8 Å². The van der Waals surface area contributed by atoms with Crippen molar-refractivity contribution in [2.24, 2.45) is 0 Å². The summed E-state index contributed by atoms with van der Waals surface area (Å²) in [6.45, 7) is 2.98. The molecule has 80 valence electrons. The van der Waals surface area contributed by atoms with Crippen molar-refractivity contribution in [2.45, 2.75) is 39.8 Å². The van der Waals surface area contributed by atoms with Crippen LogP contribution in [0.1, 0.15) is 32.5 Å². The van der Waals surface area contributed by atoms with Gasteiger partial charge in [0.25, 0.3) is 0 Å². The predicted octanol–water partition coefficient (Wildman–Crippen LogP) is 2.63. The van der Waals surface area contributed by atoms with E-state index < -0.39 is 6.61 Å². The van der Waals surface area contributed by atoms with Crippen molar-refractivity contribution in [2.75, 3.05) is 0 Å².